The lowest BCUT2D eigenvalue weighted by Gasteiger charge is -1.96. The molecule has 0 spiro atoms. The monoisotopic (exact) mass is 191 g/mol. The number of rotatable bonds is 1. The summed E-state index contributed by atoms with van der Waals surface area (Å²) in [6.07, 6.45) is 1.69. The van der Waals surface area contributed by atoms with Gasteiger partial charge in [-0.25, -0.2) is 0 Å². The van der Waals surface area contributed by atoms with Gasteiger partial charge in [0.1, 0.15) is 5.01 Å². The summed E-state index contributed by atoms with van der Waals surface area (Å²) in [6.45, 7) is 1.77. The Morgan fingerprint density at radius 2 is 2.23 bits per heavy atom. The predicted octanol–water partition coefficient (Wildman–Crippen LogP) is 1.59. The van der Waals surface area contributed by atoms with E-state index in [-0.39, 0.29) is 5.88 Å². The summed E-state index contributed by atoms with van der Waals surface area (Å²) in [5.74, 6) is -0.148. The molecule has 0 fully saturated rings. The third kappa shape index (κ3) is 1.53. The Kier molecular flexibility index (Phi) is 1.98. The van der Waals surface area contributed by atoms with E-state index in [1.165, 1.54) is 11.3 Å². The molecule has 2 heterocycles. The number of aryl methyl sites for hydroxylation is 1. The van der Waals surface area contributed by atoms with Gasteiger partial charge in [0, 0.05) is 17.0 Å². The van der Waals surface area contributed by atoms with E-state index in [0.717, 1.165) is 5.69 Å². The molecule has 4 heteroatoms. The summed E-state index contributed by atoms with van der Waals surface area (Å²) >= 11 is 1.38. The Morgan fingerprint density at radius 3 is 2.77 bits per heavy atom. The van der Waals surface area contributed by atoms with Crippen LogP contribution < -0.4 is 5.11 Å². The van der Waals surface area contributed by atoms with Gasteiger partial charge in [0.05, 0.1) is 5.69 Å². The molecule has 0 radical (unpaired) electrons. The molecular weight excluding hydrogens is 184 g/mol. The lowest BCUT2D eigenvalue weighted by Crippen LogP contribution is -1.90. The second kappa shape index (κ2) is 3.14. The summed E-state index contributed by atoms with van der Waals surface area (Å²) in [5.41, 5.74) is 0.762. The van der Waals surface area contributed by atoms with Crippen LogP contribution in [0.25, 0.3) is 10.7 Å². The second-order valence-electron chi connectivity index (χ2n) is 2.60. The fourth-order valence-electron chi connectivity index (χ4n) is 0.981. The lowest BCUT2D eigenvalue weighted by atomic mass is 10.4. The van der Waals surface area contributed by atoms with Crippen LogP contribution in [0, 0.1) is 6.92 Å². The SMILES string of the molecule is Cc1sc(-c2ccccn2)nc1[O-]. The number of pyridine rings is 1. The van der Waals surface area contributed by atoms with E-state index in [1.54, 1.807) is 13.1 Å². The maximum absolute atomic E-state index is 11.1. The summed E-state index contributed by atoms with van der Waals surface area (Å²) in [4.78, 5) is 8.70. The molecule has 2 aromatic heterocycles. The molecule has 3 nitrogen and oxygen atoms in total. The normalized spacial score (nSPS) is 10.2. The molecule has 0 saturated carbocycles. The van der Waals surface area contributed by atoms with Crippen LogP contribution in [-0.4, -0.2) is 9.97 Å². The van der Waals surface area contributed by atoms with E-state index in [4.69, 9.17) is 0 Å². The zero-order valence-corrected chi connectivity index (χ0v) is 7.84. The maximum atomic E-state index is 11.1. The first-order valence-electron chi connectivity index (χ1n) is 3.83. The fraction of sp³-hybridized carbons (Fsp3) is 0.111. The molecule has 0 bridgehead atoms. The lowest BCUT2D eigenvalue weighted by molar-refractivity contribution is -0.274. The number of hydrogen-bond acceptors (Lipinski definition) is 4. The van der Waals surface area contributed by atoms with E-state index in [1.807, 2.05) is 18.2 Å². The van der Waals surface area contributed by atoms with E-state index in [0.29, 0.717) is 9.88 Å². The summed E-state index contributed by atoms with van der Waals surface area (Å²) in [5, 5.41) is 11.8. The molecule has 0 N–H and O–H groups in total. The molecule has 0 saturated heterocycles. The zero-order chi connectivity index (χ0) is 9.26. The highest BCUT2D eigenvalue weighted by Gasteiger charge is 2.03. The van der Waals surface area contributed by atoms with Crippen molar-refractivity contribution in [2.45, 2.75) is 6.92 Å². The first-order chi connectivity index (χ1) is 6.27. The highest BCUT2D eigenvalue weighted by Crippen LogP contribution is 2.27. The van der Waals surface area contributed by atoms with Gasteiger partial charge in [-0.05, 0) is 19.1 Å². The van der Waals surface area contributed by atoms with Crippen molar-refractivity contribution in [2.24, 2.45) is 0 Å². The van der Waals surface area contributed by atoms with Crippen LogP contribution in [0.3, 0.4) is 0 Å². The molecule has 2 aromatic rings. The molecule has 0 aromatic carbocycles. The number of nitrogens with zero attached hydrogens (tertiary/aromatic N) is 2. The van der Waals surface area contributed by atoms with Crippen LogP contribution in [0.1, 0.15) is 4.88 Å². The summed E-state index contributed by atoms with van der Waals surface area (Å²) in [6, 6.07) is 5.56. The molecular formula is C9H7N2OS-. The van der Waals surface area contributed by atoms with Crippen molar-refractivity contribution in [2.75, 3.05) is 0 Å². The van der Waals surface area contributed by atoms with Gasteiger partial charge in [0.25, 0.3) is 0 Å². The van der Waals surface area contributed by atoms with Gasteiger partial charge < -0.3 is 5.11 Å². The quantitative estimate of drug-likeness (QED) is 0.687. The van der Waals surface area contributed by atoms with Crippen LogP contribution >= 0.6 is 11.3 Å². The molecule has 0 unspecified atom stereocenters. The first-order valence-corrected chi connectivity index (χ1v) is 4.65. The maximum Gasteiger partial charge on any atom is 0.141 e. The minimum absolute atomic E-state index is 0.148. The zero-order valence-electron chi connectivity index (χ0n) is 7.02. The van der Waals surface area contributed by atoms with Gasteiger partial charge in [-0.15, -0.1) is 11.3 Å². The number of thiazole rings is 1. The summed E-state index contributed by atoms with van der Waals surface area (Å²) < 4.78 is 0. The number of aromatic nitrogens is 2. The van der Waals surface area contributed by atoms with Crippen molar-refractivity contribution in [1.29, 1.82) is 0 Å². The Labute approximate surface area is 79.7 Å². The van der Waals surface area contributed by atoms with E-state index < -0.39 is 0 Å². The van der Waals surface area contributed by atoms with Gasteiger partial charge in [-0.3, -0.25) is 9.97 Å². The molecule has 2 rings (SSSR count). The second-order valence-corrected chi connectivity index (χ2v) is 3.80. The predicted molar refractivity (Wildman–Crippen MR) is 49.5 cm³/mol. The van der Waals surface area contributed by atoms with Crippen LogP contribution in [0.2, 0.25) is 0 Å². The van der Waals surface area contributed by atoms with Crippen molar-refractivity contribution in [3.8, 4) is 16.6 Å². The Balaban J connectivity index is 2.48. The van der Waals surface area contributed by atoms with Crippen LogP contribution in [0.4, 0.5) is 0 Å². The molecule has 13 heavy (non-hydrogen) atoms. The Bertz CT molecular complexity index is 391. The third-order valence-electron chi connectivity index (χ3n) is 1.64. The van der Waals surface area contributed by atoms with E-state index in [9.17, 15) is 5.11 Å². The van der Waals surface area contributed by atoms with Crippen molar-refractivity contribution < 1.29 is 5.11 Å². The van der Waals surface area contributed by atoms with Crippen molar-refractivity contribution in [1.82, 2.24) is 9.97 Å². The molecule has 66 valence electrons. The molecule has 0 aliphatic carbocycles. The molecule has 0 aliphatic rings. The Morgan fingerprint density at radius 1 is 1.38 bits per heavy atom. The van der Waals surface area contributed by atoms with Gasteiger partial charge in [-0.1, -0.05) is 6.07 Å². The summed E-state index contributed by atoms with van der Waals surface area (Å²) in [7, 11) is 0. The highest BCUT2D eigenvalue weighted by atomic mass is 32.1. The molecule has 0 atom stereocenters. The highest BCUT2D eigenvalue weighted by molar-refractivity contribution is 7.15. The van der Waals surface area contributed by atoms with E-state index in [2.05, 4.69) is 9.97 Å². The fourth-order valence-corrected chi connectivity index (χ4v) is 1.76. The van der Waals surface area contributed by atoms with Crippen LogP contribution in [-0.2, 0) is 0 Å². The number of hydrogen-bond donors (Lipinski definition) is 0. The largest absolute Gasteiger partial charge is 0.858 e. The van der Waals surface area contributed by atoms with Gasteiger partial charge in [-0.2, -0.15) is 0 Å². The van der Waals surface area contributed by atoms with Crippen LogP contribution in [0.5, 0.6) is 5.88 Å². The van der Waals surface area contributed by atoms with Crippen LogP contribution in [0.15, 0.2) is 24.4 Å². The van der Waals surface area contributed by atoms with Crippen molar-refractivity contribution >= 4 is 11.3 Å². The van der Waals surface area contributed by atoms with Crippen molar-refractivity contribution in [3.05, 3.63) is 29.3 Å². The standard InChI is InChI=1S/C9H8N2OS/c1-6-8(12)11-9(13-6)7-4-2-3-5-10-7/h2-5,12H,1H3/p-1. The average molecular weight is 191 g/mol. The van der Waals surface area contributed by atoms with E-state index >= 15 is 0 Å². The van der Waals surface area contributed by atoms with Crippen molar-refractivity contribution in [3.63, 3.8) is 0 Å². The minimum Gasteiger partial charge on any atom is -0.858 e. The smallest absolute Gasteiger partial charge is 0.141 e. The van der Waals surface area contributed by atoms with Gasteiger partial charge >= 0.3 is 0 Å². The average Bonchev–Trinajstić information content (AvgIpc) is 2.49. The minimum atomic E-state index is -0.148. The Hall–Kier alpha value is -1.42. The molecule has 0 amide bonds. The first kappa shape index (κ1) is 8.19. The third-order valence-corrected chi connectivity index (χ3v) is 2.61. The molecule has 0 aliphatic heterocycles. The topological polar surface area (TPSA) is 48.8 Å². The van der Waals surface area contributed by atoms with Gasteiger partial charge in [0.2, 0.25) is 0 Å². The van der Waals surface area contributed by atoms with Gasteiger partial charge in [0.15, 0.2) is 0 Å².